The first kappa shape index (κ1) is 25.0. The van der Waals surface area contributed by atoms with Crippen molar-refractivity contribution in [3.05, 3.63) is 95.6 Å². The molecule has 0 spiro atoms. The first-order valence-corrected chi connectivity index (χ1v) is 13.2. The second-order valence-electron chi connectivity index (χ2n) is 9.02. The molecule has 2 N–H and O–H groups in total. The van der Waals surface area contributed by atoms with Gasteiger partial charge in [-0.2, -0.15) is 0 Å². The van der Waals surface area contributed by atoms with E-state index in [9.17, 15) is 14.4 Å². The summed E-state index contributed by atoms with van der Waals surface area (Å²) in [6.07, 6.45) is 0.798. The zero-order valence-electron chi connectivity index (χ0n) is 20.2. The highest BCUT2D eigenvalue weighted by Crippen LogP contribution is 2.46. The van der Waals surface area contributed by atoms with Crippen molar-refractivity contribution in [3.63, 3.8) is 0 Å². The van der Waals surface area contributed by atoms with Crippen LogP contribution in [0.3, 0.4) is 0 Å². The van der Waals surface area contributed by atoms with Crippen LogP contribution in [0.2, 0.25) is 0 Å². The van der Waals surface area contributed by atoms with Crippen LogP contribution in [0, 0.1) is 0 Å². The van der Waals surface area contributed by atoms with Gasteiger partial charge in [0.05, 0.1) is 19.1 Å². The van der Waals surface area contributed by atoms with E-state index in [2.05, 4.69) is 22.8 Å². The molecule has 8 heteroatoms. The standard InChI is InChI=1S/C29H28N2O5S/c32-25(36-26-20-13-4-6-15-23(20)37-24-16-7-5-14-21(24)26)18-22-28(33)31-27(30-22)29(34)35-17-9-8-12-19-10-2-1-3-11-19/h1-7,10-11,13-16,22,26-27,30H,8-9,12,17-18H2,(H,31,33). The molecule has 190 valence electrons. The van der Waals surface area contributed by atoms with E-state index in [0.29, 0.717) is 0 Å². The van der Waals surface area contributed by atoms with Crippen LogP contribution in [-0.2, 0) is 30.3 Å². The third-order valence-electron chi connectivity index (χ3n) is 6.40. The Balaban J connectivity index is 1.11. The van der Waals surface area contributed by atoms with Gasteiger partial charge in [0.25, 0.3) is 0 Å². The molecule has 0 aromatic heterocycles. The summed E-state index contributed by atoms with van der Waals surface area (Å²) < 4.78 is 11.2. The summed E-state index contributed by atoms with van der Waals surface area (Å²) in [6.45, 7) is 0.269. The third kappa shape index (κ3) is 6.03. The van der Waals surface area contributed by atoms with Crippen molar-refractivity contribution in [1.29, 1.82) is 0 Å². The fourth-order valence-electron chi connectivity index (χ4n) is 4.51. The molecule has 37 heavy (non-hydrogen) atoms. The Bertz CT molecular complexity index is 1240. The van der Waals surface area contributed by atoms with Crippen LogP contribution in [0.25, 0.3) is 0 Å². The molecule has 0 bridgehead atoms. The number of ether oxygens (including phenoxy) is 2. The first-order chi connectivity index (χ1) is 18.1. The van der Waals surface area contributed by atoms with E-state index < -0.39 is 36.2 Å². The average Bonchev–Trinajstić information content (AvgIpc) is 3.28. The van der Waals surface area contributed by atoms with Gasteiger partial charge in [-0.05, 0) is 37.0 Å². The lowest BCUT2D eigenvalue weighted by Gasteiger charge is -2.27. The lowest BCUT2D eigenvalue weighted by atomic mass is 10.0. The first-order valence-electron chi connectivity index (χ1n) is 12.4. The van der Waals surface area contributed by atoms with Gasteiger partial charge in [0.2, 0.25) is 5.91 Å². The minimum Gasteiger partial charge on any atom is -0.463 e. The molecule has 2 aliphatic rings. The van der Waals surface area contributed by atoms with Crippen molar-refractivity contribution in [2.24, 2.45) is 0 Å². The molecule has 3 aromatic rings. The summed E-state index contributed by atoms with van der Waals surface area (Å²) in [7, 11) is 0. The topological polar surface area (TPSA) is 93.7 Å². The molecule has 2 atom stereocenters. The monoisotopic (exact) mass is 516 g/mol. The number of carbonyl (C=O) groups is 3. The van der Waals surface area contributed by atoms with Gasteiger partial charge in [-0.3, -0.25) is 14.9 Å². The Labute approximate surface area is 219 Å². The van der Waals surface area contributed by atoms with Crippen LogP contribution >= 0.6 is 11.8 Å². The second-order valence-corrected chi connectivity index (χ2v) is 10.1. The molecule has 2 heterocycles. The van der Waals surface area contributed by atoms with E-state index in [1.165, 1.54) is 5.56 Å². The Morgan fingerprint density at radius 1 is 0.838 bits per heavy atom. The molecule has 0 saturated carbocycles. The lowest BCUT2D eigenvalue weighted by Crippen LogP contribution is -2.42. The number of carbonyl (C=O) groups excluding carboxylic acids is 3. The second kappa shape index (κ2) is 11.6. The SMILES string of the molecule is O=C(CC1NC(C(=O)OCCCCc2ccccc2)NC1=O)OC1c2ccccc2Sc2ccccc21. The van der Waals surface area contributed by atoms with Gasteiger partial charge in [-0.1, -0.05) is 78.5 Å². The Kier molecular flexibility index (Phi) is 7.87. The van der Waals surface area contributed by atoms with Crippen LogP contribution in [0.5, 0.6) is 0 Å². The van der Waals surface area contributed by atoms with Crippen molar-refractivity contribution in [3.8, 4) is 0 Å². The van der Waals surface area contributed by atoms with Gasteiger partial charge in [0.15, 0.2) is 12.3 Å². The number of unbranched alkanes of at least 4 members (excludes halogenated alkanes) is 1. The van der Waals surface area contributed by atoms with E-state index in [0.717, 1.165) is 40.2 Å². The summed E-state index contributed by atoms with van der Waals surface area (Å²) in [5, 5.41) is 5.45. The summed E-state index contributed by atoms with van der Waals surface area (Å²) in [5.41, 5.74) is 3.07. The molecule has 0 aliphatic carbocycles. The number of hydrogen-bond donors (Lipinski definition) is 2. The predicted octanol–water partition coefficient (Wildman–Crippen LogP) is 4.15. The Hall–Kier alpha value is -3.62. The fourth-order valence-corrected chi connectivity index (χ4v) is 5.63. The van der Waals surface area contributed by atoms with Crippen molar-refractivity contribution in [2.75, 3.05) is 6.61 Å². The number of benzene rings is 3. The molecule has 1 saturated heterocycles. The highest BCUT2D eigenvalue weighted by molar-refractivity contribution is 7.99. The van der Waals surface area contributed by atoms with E-state index in [-0.39, 0.29) is 13.0 Å². The molecule has 7 nitrogen and oxygen atoms in total. The average molecular weight is 517 g/mol. The minimum atomic E-state index is -0.980. The van der Waals surface area contributed by atoms with Crippen LogP contribution in [0.4, 0.5) is 0 Å². The van der Waals surface area contributed by atoms with Crippen molar-refractivity contribution in [1.82, 2.24) is 10.6 Å². The minimum absolute atomic E-state index is 0.194. The van der Waals surface area contributed by atoms with E-state index in [4.69, 9.17) is 9.47 Å². The summed E-state index contributed by atoms with van der Waals surface area (Å²) in [5.74, 6) is -1.51. The van der Waals surface area contributed by atoms with Gasteiger partial charge < -0.3 is 14.8 Å². The molecular weight excluding hydrogens is 488 g/mol. The molecule has 1 amide bonds. The Morgan fingerprint density at radius 3 is 2.19 bits per heavy atom. The molecule has 2 aliphatic heterocycles. The van der Waals surface area contributed by atoms with Crippen LogP contribution in [0.15, 0.2) is 88.7 Å². The number of fused-ring (bicyclic) bond motifs is 2. The van der Waals surface area contributed by atoms with Gasteiger partial charge in [-0.15, -0.1) is 0 Å². The van der Waals surface area contributed by atoms with Gasteiger partial charge in [0, 0.05) is 20.9 Å². The highest BCUT2D eigenvalue weighted by Gasteiger charge is 2.38. The summed E-state index contributed by atoms with van der Waals surface area (Å²) in [4.78, 5) is 39.8. The van der Waals surface area contributed by atoms with E-state index in [1.807, 2.05) is 66.7 Å². The predicted molar refractivity (Wildman–Crippen MR) is 139 cm³/mol. The smallest absolute Gasteiger partial charge is 0.343 e. The number of amides is 1. The zero-order chi connectivity index (χ0) is 25.6. The van der Waals surface area contributed by atoms with Gasteiger partial charge >= 0.3 is 11.9 Å². The van der Waals surface area contributed by atoms with Crippen LogP contribution in [0.1, 0.15) is 42.1 Å². The maximum atomic E-state index is 12.9. The highest BCUT2D eigenvalue weighted by atomic mass is 32.2. The van der Waals surface area contributed by atoms with Crippen molar-refractivity contribution >= 4 is 29.6 Å². The Morgan fingerprint density at radius 2 is 1.49 bits per heavy atom. The summed E-state index contributed by atoms with van der Waals surface area (Å²) >= 11 is 1.64. The number of rotatable bonds is 9. The molecular formula is C29H28N2O5S. The maximum absolute atomic E-state index is 12.9. The van der Waals surface area contributed by atoms with Crippen molar-refractivity contribution in [2.45, 2.75) is 53.8 Å². The van der Waals surface area contributed by atoms with E-state index >= 15 is 0 Å². The number of aryl methyl sites for hydroxylation is 1. The quantitative estimate of drug-likeness (QED) is 0.326. The number of nitrogens with one attached hydrogen (secondary N) is 2. The van der Waals surface area contributed by atoms with Gasteiger partial charge in [0.1, 0.15) is 0 Å². The maximum Gasteiger partial charge on any atom is 0.343 e. The third-order valence-corrected chi connectivity index (χ3v) is 7.58. The lowest BCUT2D eigenvalue weighted by molar-refractivity contribution is -0.149. The zero-order valence-corrected chi connectivity index (χ0v) is 21.0. The van der Waals surface area contributed by atoms with Crippen molar-refractivity contribution < 1.29 is 23.9 Å². The van der Waals surface area contributed by atoms with Gasteiger partial charge in [-0.25, -0.2) is 4.79 Å². The molecule has 2 unspecified atom stereocenters. The summed E-state index contributed by atoms with van der Waals surface area (Å²) in [6, 6.07) is 24.9. The number of hydrogen-bond acceptors (Lipinski definition) is 7. The van der Waals surface area contributed by atoms with E-state index in [1.54, 1.807) is 11.8 Å². The molecule has 0 radical (unpaired) electrons. The molecule has 5 rings (SSSR count). The molecule has 1 fully saturated rings. The largest absolute Gasteiger partial charge is 0.463 e. The molecule has 3 aromatic carbocycles. The normalized spacial score (nSPS) is 18.4. The number of esters is 2. The van der Waals surface area contributed by atoms with Crippen LogP contribution < -0.4 is 10.6 Å². The van der Waals surface area contributed by atoms with Crippen LogP contribution in [-0.4, -0.2) is 36.7 Å². The fraction of sp³-hybridized carbons (Fsp3) is 0.276.